The van der Waals surface area contributed by atoms with Crippen molar-refractivity contribution >= 4 is 22.8 Å². The first kappa shape index (κ1) is 14.0. The van der Waals surface area contributed by atoms with Crippen LogP contribution in [0, 0.1) is 5.92 Å². The summed E-state index contributed by atoms with van der Waals surface area (Å²) in [6.07, 6.45) is 0.0268. The fourth-order valence-electron chi connectivity index (χ4n) is 1.95. The third-order valence-corrected chi connectivity index (χ3v) is 2.94. The van der Waals surface area contributed by atoms with Crippen LogP contribution in [-0.2, 0) is 20.7 Å². The van der Waals surface area contributed by atoms with E-state index in [0.717, 1.165) is 10.9 Å². The van der Waals surface area contributed by atoms with E-state index >= 15 is 0 Å². The summed E-state index contributed by atoms with van der Waals surface area (Å²) in [7, 11) is 0. The van der Waals surface area contributed by atoms with Crippen molar-refractivity contribution in [3.8, 4) is 0 Å². The SMILES string of the molecule is CCOC(=O)C(Cc1ccc2ccccc2n1)C(=O)O. The number of carbonyl (C=O) groups excluding carboxylic acids is 1. The molecule has 104 valence electrons. The van der Waals surface area contributed by atoms with Crippen LogP contribution in [-0.4, -0.2) is 28.6 Å². The molecule has 0 radical (unpaired) electrons. The number of carboxylic acids is 1. The molecular formula is C15H15NO4. The Balaban J connectivity index is 2.24. The topological polar surface area (TPSA) is 76.5 Å². The normalized spacial score (nSPS) is 12.1. The summed E-state index contributed by atoms with van der Waals surface area (Å²) in [6.45, 7) is 1.80. The van der Waals surface area contributed by atoms with E-state index in [0.29, 0.717) is 5.69 Å². The molecule has 1 atom stereocenters. The van der Waals surface area contributed by atoms with Crippen LogP contribution in [0.5, 0.6) is 0 Å². The van der Waals surface area contributed by atoms with Gasteiger partial charge in [-0.05, 0) is 19.1 Å². The fraction of sp³-hybridized carbons (Fsp3) is 0.267. The van der Waals surface area contributed by atoms with Crippen molar-refractivity contribution in [3.05, 3.63) is 42.1 Å². The molecule has 1 N–H and O–H groups in total. The zero-order chi connectivity index (χ0) is 14.5. The summed E-state index contributed by atoms with van der Waals surface area (Å²) in [6, 6.07) is 11.1. The maximum absolute atomic E-state index is 11.6. The first-order valence-electron chi connectivity index (χ1n) is 6.36. The molecule has 20 heavy (non-hydrogen) atoms. The molecule has 0 saturated heterocycles. The number of hydrogen-bond donors (Lipinski definition) is 1. The molecule has 5 heteroatoms. The minimum Gasteiger partial charge on any atom is -0.481 e. The molecule has 1 heterocycles. The summed E-state index contributed by atoms with van der Waals surface area (Å²) in [5.74, 6) is -3.14. The van der Waals surface area contributed by atoms with Crippen LogP contribution in [0.2, 0.25) is 0 Å². The van der Waals surface area contributed by atoms with Crippen LogP contribution in [0.3, 0.4) is 0 Å². The molecule has 1 aromatic heterocycles. The largest absolute Gasteiger partial charge is 0.481 e. The number of esters is 1. The van der Waals surface area contributed by atoms with Crippen molar-refractivity contribution in [1.82, 2.24) is 4.98 Å². The summed E-state index contributed by atoms with van der Waals surface area (Å²) < 4.78 is 4.78. The van der Waals surface area contributed by atoms with Crippen LogP contribution in [0.4, 0.5) is 0 Å². The van der Waals surface area contributed by atoms with Crippen molar-refractivity contribution in [2.45, 2.75) is 13.3 Å². The molecule has 1 aromatic carbocycles. The van der Waals surface area contributed by atoms with Gasteiger partial charge < -0.3 is 9.84 Å². The van der Waals surface area contributed by atoms with Gasteiger partial charge in [-0.3, -0.25) is 14.6 Å². The molecule has 0 bridgehead atoms. The predicted octanol–water partition coefficient (Wildman–Crippen LogP) is 2.04. The summed E-state index contributed by atoms with van der Waals surface area (Å²) in [5, 5.41) is 10.1. The number of rotatable bonds is 5. The second kappa shape index (κ2) is 6.14. The number of aliphatic carboxylic acids is 1. The fourth-order valence-corrected chi connectivity index (χ4v) is 1.95. The van der Waals surface area contributed by atoms with Crippen molar-refractivity contribution in [3.63, 3.8) is 0 Å². The molecule has 0 aliphatic heterocycles. The molecule has 0 fully saturated rings. The number of aromatic nitrogens is 1. The molecule has 0 aliphatic rings. The van der Waals surface area contributed by atoms with Crippen LogP contribution >= 0.6 is 0 Å². The first-order chi connectivity index (χ1) is 9.61. The Morgan fingerprint density at radius 3 is 2.70 bits per heavy atom. The average Bonchev–Trinajstić information content (AvgIpc) is 2.44. The molecule has 0 aliphatic carbocycles. The van der Waals surface area contributed by atoms with E-state index in [1.54, 1.807) is 13.0 Å². The summed E-state index contributed by atoms with van der Waals surface area (Å²) >= 11 is 0. The summed E-state index contributed by atoms with van der Waals surface area (Å²) in [4.78, 5) is 27.1. The number of para-hydroxylation sites is 1. The highest BCUT2D eigenvalue weighted by Gasteiger charge is 2.28. The molecule has 5 nitrogen and oxygen atoms in total. The lowest BCUT2D eigenvalue weighted by molar-refractivity contribution is -0.158. The number of pyridine rings is 1. The van der Waals surface area contributed by atoms with Crippen LogP contribution < -0.4 is 0 Å². The van der Waals surface area contributed by atoms with E-state index < -0.39 is 17.9 Å². The Morgan fingerprint density at radius 1 is 1.25 bits per heavy atom. The van der Waals surface area contributed by atoms with Gasteiger partial charge in [-0.15, -0.1) is 0 Å². The highest BCUT2D eigenvalue weighted by molar-refractivity contribution is 5.94. The molecule has 0 saturated carbocycles. The van der Waals surface area contributed by atoms with E-state index in [2.05, 4.69) is 4.98 Å². The number of fused-ring (bicyclic) bond motifs is 1. The lowest BCUT2D eigenvalue weighted by Gasteiger charge is -2.11. The van der Waals surface area contributed by atoms with Gasteiger partial charge in [0.05, 0.1) is 12.1 Å². The third-order valence-electron chi connectivity index (χ3n) is 2.94. The minimum absolute atomic E-state index is 0.0268. The highest BCUT2D eigenvalue weighted by atomic mass is 16.5. The zero-order valence-electron chi connectivity index (χ0n) is 11.1. The van der Waals surface area contributed by atoms with Crippen molar-refractivity contribution in [2.75, 3.05) is 6.61 Å². The van der Waals surface area contributed by atoms with Crippen molar-refractivity contribution in [1.29, 1.82) is 0 Å². The molecule has 1 unspecified atom stereocenters. The molecule has 2 rings (SSSR count). The Morgan fingerprint density at radius 2 is 2.00 bits per heavy atom. The standard InChI is InChI=1S/C15H15NO4/c1-2-20-15(19)12(14(17)18)9-11-8-7-10-5-3-4-6-13(10)16-11/h3-8,12H,2,9H2,1H3,(H,17,18). The Bertz CT molecular complexity index is 639. The third kappa shape index (κ3) is 3.12. The van der Waals surface area contributed by atoms with Gasteiger partial charge in [0.1, 0.15) is 0 Å². The molecule has 2 aromatic rings. The van der Waals surface area contributed by atoms with Crippen LogP contribution in [0.25, 0.3) is 10.9 Å². The highest BCUT2D eigenvalue weighted by Crippen LogP contribution is 2.15. The molecule has 0 spiro atoms. The lowest BCUT2D eigenvalue weighted by Crippen LogP contribution is -2.28. The maximum Gasteiger partial charge on any atom is 0.320 e. The van der Waals surface area contributed by atoms with E-state index in [9.17, 15) is 9.59 Å². The number of benzene rings is 1. The number of carboxylic acid groups (broad SMARTS) is 1. The zero-order valence-corrected chi connectivity index (χ0v) is 11.1. The monoisotopic (exact) mass is 273 g/mol. The van der Waals surface area contributed by atoms with E-state index in [-0.39, 0.29) is 13.0 Å². The molecular weight excluding hydrogens is 258 g/mol. The van der Waals surface area contributed by atoms with Gasteiger partial charge >= 0.3 is 11.9 Å². The van der Waals surface area contributed by atoms with Gasteiger partial charge in [-0.2, -0.15) is 0 Å². The van der Waals surface area contributed by atoms with E-state index in [1.807, 2.05) is 30.3 Å². The predicted molar refractivity (Wildman–Crippen MR) is 73.2 cm³/mol. The van der Waals surface area contributed by atoms with Gasteiger partial charge in [-0.1, -0.05) is 24.3 Å². The Kier molecular flexibility index (Phi) is 4.30. The minimum atomic E-state index is -1.22. The quantitative estimate of drug-likeness (QED) is 0.666. The van der Waals surface area contributed by atoms with Gasteiger partial charge in [0, 0.05) is 17.5 Å². The first-order valence-corrected chi connectivity index (χ1v) is 6.36. The van der Waals surface area contributed by atoms with Crippen LogP contribution in [0.1, 0.15) is 12.6 Å². The van der Waals surface area contributed by atoms with Gasteiger partial charge in [0.2, 0.25) is 0 Å². The smallest absolute Gasteiger partial charge is 0.320 e. The van der Waals surface area contributed by atoms with Crippen molar-refractivity contribution in [2.24, 2.45) is 5.92 Å². The molecule has 0 amide bonds. The number of hydrogen-bond acceptors (Lipinski definition) is 4. The lowest BCUT2D eigenvalue weighted by atomic mass is 10.0. The van der Waals surface area contributed by atoms with E-state index in [1.165, 1.54) is 0 Å². The van der Waals surface area contributed by atoms with Crippen LogP contribution in [0.15, 0.2) is 36.4 Å². The number of nitrogens with zero attached hydrogens (tertiary/aromatic N) is 1. The summed E-state index contributed by atoms with van der Waals surface area (Å²) in [5.41, 5.74) is 1.34. The van der Waals surface area contributed by atoms with Gasteiger partial charge in [0.15, 0.2) is 5.92 Å². The Labute approximate surface area is 116 Å². The second-order valence-electron chi connectivity index (χ2n) is 4.34. The van der Waals surface area contributed by atoms with Gasteiger partial charge in [0.25, 0.3) is 0 Å². The van der Waals surface area contributed by atoms with E-state index in [4.69, 9.17) is 9.84 Å². The number of carbonyl (C=O) groups is 2. The second-order valence-corrected chi connectivity index (χ2v) is 4.34. The Hall–Kier alpha value is -2.43. The number of ether oxygens (including phenoxy) is 1. The maximum atomic E-state index is 11.6. The average molecular weight is 273 g/mol. The van der Waals surface area contributed by atoms with Gasteiger partial charge in [-0.25, -0.2) is 0 Å². The van der Waals surface area contributed by atoms with Crippen molar-refractivity contribution < 1.29 is 19.4 Å².